The first-order valence-electron chi connectivity index (χ1n) is 9.51. The number of rotatable bonds is 15. The van der Waals surface area contributed by atoms with Gasteiger partial charge in [0.2, 0.25) is 0 Å². The number of methoxy groups -OCH3 is 1. The Morgan fingerprint density at radius 1 is 0.615 bits per heavy atom. The highest BCUT2D eigenvalue weighted by molar-refractivity contribution is 4.54. The maximum atomic E-state index is 8.72. The molecule has 0 fully saturated rings. The first-order chi connectivity index (χ1) is 12.3. The van der Waals surface area contributed by atoms with Crippen LogP contribution in [0.3, 0.4) is 0 Å². The first kappa shape index (κ1) is 27.9. The highest BCUT2D eigenvalue weighted by atomic mass is 16.6. The maximum absolute atomic E-state index is 8.72. The van der Waals surface area contributed by atoms with E-state index < -0.39 is 0 Å². The third kappa shape index (κ3) is 20.0. The Morgan fingerprint density at radius 3 is 1.38 bits per heavy atom. The van der Waals surface area contributed by atoms with Crippen LogP contribution in [0.4, 0.5) is 0 Å². The molecule has 0 aromatic rings. The summed E-state index contributed by atoms with van der Waals surface area (Å²) in [5.41, 5.74) is 0. The molecule has 0 aliphatic heterocycles. The average molecular weight is 383 g/mol. The molecule has 0 aliphatic rings. The van der Waals surface area contributed by atoms with Crippen molar-refractivity contribution in [1.82, 2.24) is 0 Å². The Morgan fingerprint density at radius 2 is 1.00 bits per heavy atom. The molecule has 0 bridgehead atoms. The summed E-state index contributed by atoms with van der Waals surface area (Å²) in [4.78, 5) is 0. The van der Waals surface area contributed by atoms with E-state index in [1.54, 1.807) is 7.11 Å². The molecule has 0 saturated heterocycles. The van der Waals surface area contributed by atoms with Crippen LogP contribution >= 0.6 is 0 Å². The summed E-state index contributed by atoms with van der Waals surface area (Å²) >= 11 is 0. The fourth-order valence-electron chi connectivity index (χ4n) is 1.49. The minimum atomic E-state index is -0.124. The van der Waals surface area contributed by atoms with Gasteiger partial charge in [-0.2, -0.15) is 0 Å². The molecule has 7 nitrogen and oxygen atoms in total. The number of aliphatic hydroxyl groups excluding tert-OH is 2. The van der Waals surface area contributed by atoms with Crippen molar-refractivity contribution in [2.24, 2.45) is 0 Å². The summed E-state index contributed by atoms with van der Waals surface area (Å²) in [6, 6.07) is 0. The van der Waals surface area contributed by atoms with Crippen LogP contribution in [-0.4, -0.2) is 87.5 Å². The van der Waals surface area contributed by atoms with Crippen molar-refractivity contribution in [1.29, 1.82) is 0 Å². The zero-order valence-corrected chi connectivity index (χ0v) is 17.8. The lowest BCUT2D eigenvalue weighted by Gasteiger charge is -2.18. The van der Waals surface area contributed by atoms with E-state index >= 15 is 0 Å². The van der Waals surface area contributed by atoms with E-state index in [4.69, 9.17) is 33.9 Å². The molecule has 0 radical (unpaired) electrons. The number of hydrogen-bond donors (Lipinski definition) is 2. The van der Waals surface area contributed by atoms with E-state index in [-0.39, 0.29) is 43.7 Å². The van der Waals surface area contributed by atoms with Gasteiger partial charge in [0.15, 0.2) is 0 Å². The van der Waals surface area contributed by atoms with Crippen LogP contribution in [0.5, 0.6) is 0 Å². The molecular formula is C19H42O7. The van der Waals surface area contributed by atoms with Crippen LogP contribution < -0.4 is 0 Å². The zero-order chi connectivity index (χ0) is 20.4. The van der Waals surface area contributed by atoms with Gasteiger partial charge in [-0.3, -0.25) is 0 Å². The molecular weight excluding hydrogens is 340 g/mol. The van der Waals surface area contributed by atoms with Crippen molar-refractivity contribution in [2.45, 2.75) is 78.5 Å². The molecule has 160 valence electrons. The van der Waals surface area contributed by atoms with Gasteiger partial charge >= 0.3 is 0 Å². The summed E-state index contributed by atoms with van der Waals surface area (Å²) in [6.07, 6.45) is 1.08. The minimum absolute atomic E-state index is 0.0293. The summed E-state index contributed by atoms with van der Waals surface area (Å²) in [6.45, 7) is 14.1. The van der Waals surface area contributed by atoms with E-state index in [0.29, 0.717) is 19.8 Å². The number of aliphatic hydroxyl groups is 2. The third-order valence-corrected chi connectivity index (χ3v) is 3.37. The lowest BCUT2D eigenvalue weighted by Crippen LogP contribution is -2.25. The predicted molar refractivity (Wildman–Crippen MR) is 103 cm³/mol. The zero-order valence-electron chi connectivity index (χ0n) is 17.8. The lowest BCUT2D eigenvalue weighted by molar-refractivity contribution is -0.0677. The third-order valence-electron chi connectivity index (χ3n) is 3.37. The van der Waals surface area contributed by atoms with Crippen molar-refractivity contribution in [3.8, 4) is 0 Å². The molecule has 0 aromatic heterocycles. The van der Waals surface area contributed by atoms with Gasteiger partial charge in [0.05, 0.1) is 63.6 Å². The molecule has 0 amide bonds. The van der Waals surface area contributed by atoms with Gasteiger partial charge in [-0.25, -0.2) is 0 Å². The van der Waals surface area contributed by atoms with E-state index in [0.717, 1.165) is 13.0 Å². The van der Waals surface area contributed by atoms with Gasteiger partial charge in [0.1, 0.15) is 0 Å². The van der Waals surface area contributed by atoms with Crippen LogP contribution in [0.15, 0.2) is 0 Å². The molecule has 7 heteroatoms. The largest absolute Gasteiger partial charge is 0.394 e. The summed E-state index contributed by atoms with van der Waals surface area (Å²) in [5.74, 6) is 0. The van der Waals surface area contributed by atoms with Crippen LogP contribution in [0, 0.1) is 0 Å². The Balaban J connectivity index is 0. The van der Waals surface area contributed by atoms with E-state index in [1.165, 1.54) is 0 Å². The second-order valence-electron chi connectivity index (χ2n) is 6.52. The van der Waals surface area contributed by atoms with Gasteiger partial charge in [-0.15, -0.1) is 0 Å². The number of ether oxygens (including phenoxy) is 5. The molecule has 0 spiro atoms. The second-order valence-corrected chi connectivity index (χ2v) is 6.52. The standard InChI is InChI=1S/C10H22O4.C9H20O3/c1-8(5-11)13-7-10(3)14-6-9(2)12-4;1-4-5-11-9(3)7-12-8(2)6-10/h8-11H,5-7H2,1-4H3;8-10H,4-7H2,1-3H3. The lowest BCUT2D eigenvalue weighted by atomic mass is 10.4. The van der Waals surface area contributed by atoms with Gasteiger partial charge in [-0.1, -0.05) is 6.92 Å². The van der Waals surface area contributed by atoms with Gasteiger partial charge in [-0.05, 0) is 41.0 Å². The van der Waals surface area contributed by atoms with Crippen molar-refractivity contribution < 1.29 is 33.9 Å². The average Bonchev–Trinajstić information content (AvgIpc) is 2.66. The van der Waals surface area contributed by atoms with Crippen molar-refractivity contribution in [3.63, 3.8) is 0 Å². The highest BCUT2D eigenvalue weighted by Gasteiger charge is 2.08. The van der Waals surface area contributed by atoms with Crippen LogP contribution in [0.2, 0.25) is 0 Å². The molecule has 5 unspecified atom stereocenters. The predicted octanol–water partition coefficient (Wildman–Crippen LogP) is 2.02. The van der Waals surface area contributed by atoms with Crippen LogP contribution in [0.25, 0.3) is 0 Å². The maximum Gasteiger partial charge on any atom is 0.0781 e. The van der Waals surface area contributed by atoms with Gasteiger partial charge in [0.25, 0.3) is 0 Å². The topological polar surface area (TPSA) is 86.6 Å². The Hall–Kier alpha value is -0.280. The Labute approximate surface area is 159 Å². The molecule has 26 heavy (non-hydrogen) atoms. The fourth-order valence-corrected chi connectivity index (χ4v) is 1.49. The summed E-state index contributed by atoms with van der Waals surface area (Å²) < 4.78 is 26.5. The SMILES string of the molecule is CCCOC(C)COC(C)CO.COC(C)COC(C)COC(C)CO. The van der Waals surface area contributed by atoms with Crippen molar-refractivity contribution in [3.05, 3.63) is 0 Å². The molecule has 5 atom stereocenters. The number of hydrogen-bond acceptors (Lipinski definition) is 7. The van der Waals surface area contributed by atoms with Crippen LogP contribution in [0.1, 0.15) is 48.0 Å². The Bertz CT molecular complexity index is 265. The monoisotopic (exact) mass is 382 g/mol. The summed E-state index contributed by atoms with van der Waals surface area (Å²) in [5, 5.41) is 17.4. The fraction of sp³-hybridized carbons (Fsp3) is 1.00. The molecule has 0 rings (SSSR count). The Kier molecular flexibility index (Phi) is 20.9. The van der Waals surface area contributed by atoms with Gasteiger partial charge in [0, 0.05) is 13.7 Å². The minimum Gasteiger partial charge on any atom is -0.394 e. The quantitative estimate of drug-likeness (QED) is 0.448. The van der Waals surface area contributed by atoms with Crippen LogP contribution in [-0.2, 0) is 23.7 Å². The molecule has 0 aromatic carbocycles. The first-order valence-corrected chi connectivity index (χ1v) is 9.51. The normalized spacial score (nSPS) is 17.0. The van der Waals surface area contributed by atoms with Crippen molar-refractivity contribution in [2.75, 3.05) is 46.8 Å². The molecule has 2 N–H and O–H groups in total. The van der Waals surface area contributed by atoms with E-state index in [1.807, 2.05) is 34.6 Å². The smallest absolute Gasteiger partial charge is 0.0781 e. The van der Waals surface area contributed by atoms with E-state index in [9.17, 15) is 0 Å². The van der Waals surface area contributed by atoms with Crippen molar-refractivity contribution >= 4 is 0 Å². The summed E-state index contributed by atoms with van der Waals surface area (Å²) in [7, 11) is 1.66. The highest BCUT2D eigenvalue weighted by Crippen LogP contribution is 1.99. The van der Waals surface area contributed by atoms with E-state index in [2.05, 4.69) is 6.92 Å². The molecule has 0 heterocycles. The molecule has 0 aliphatic carbocycles. The second kappa shape index (κ2) is 19.5. The molecule has 0 saturated carbocycles. The van der Waals surface area contributed by atoms with Gasteiger partial charge < -0.3 is 33.9 Å².